The Labute approximate surface area is 176 Å². The zero-order valence-corrected chi connectivity index (χ0v) is 16.8. The first-order valence-electron chi connectivity index (χ1n) is 9.61. The Morgan fingerprint density at radius 3 is 2.45 bits per heavy atom. The van der Waals surface area contributed by atoms with Crippen molar-refractivity contribution in [2.24, 2.45) is 0 Å². The first kappa shape index (κ1) is 22.8. The number of hydrogen-bond donors (Lipinski definition) is 0. The highest BCUT2D eigenvalue weighted by molar-refractivity contribution is 5.89. The highest BCUT2D eigenvalue weighted by Gasteiger charge is 2.33. The van der Waals surface area contributed by atoms with Crippen molar-refractivity contribution in [1.82, 2.24) is 4.98 Å². The maximum Gasteiger partial charge on any atom is 0.345 e. The summed E-state index contributed by atoms with van der Waals surface area (Å²) in [6.45, 7) is -1.02. The summed E-state index contributed by atoms with van der Waals surface area (Å²) in [6.07, 6.45) is 1.14. The third-order valence-electron chi connectivity index (χ3n) is 4.83. The zero-order valence-electron chi connectivity index (χ0n) is 16.8. The van der Waals surface area contributed by atoms with Crippen LogP contribution in [-0.2, 0) is 9.47 Å². The Morgan fingerprint density at radius 1 is 1.13 bits per heavy atom. The quantitative estimate of drug-likeness (QED) is 0.409. The lowest BCUT2D eigenvalue weighted by atomic mass is 9.92. The van der Waals surface area contributed by atoms with Crippen LogP contribution in [-0.4, -0.2) is 36.9 Å². The van der Waals surface area contributed by atoms with E-state index in [-0.39, 0.29) is 11.9 Å². The Hall–Kier alpha value is -2.88. The van der Waals surface area contributed by atoms with Gasteiger partial charge in [0.05, 0.1) is 30.7 Å². The van der Waals surface area contributed by atoms with Crippen LogP contribution in [0.2, 0.25) is 0 Å². The molecule has 1 aromatic heterocycles. The minimum Gasteiger partial charge on any atom is -0.489 e. The molecule has 1 aromatic carbocycles. The molecule has 31 heavy (non-hydrogen) atoms. The van der Waals surface area contributed by atoms with Crippen molar-refractivity contribution in [2.45, 2.75) is 51.1 Å². The number of esters is 1. The van der Waals surface area contributed by atoms with Crippen LogP contribution in [0, 0.1) is 11.6 Å². The number of carbonyl (C=O) groups is 1. The van der Waals surface area contributed by atoms with Crippen LogP contribution < -0.4 is 9.47 Å². The molecule has 0 spiro atoms. The maximum absolute atomic E-state index is 14.3. The summed E-state index contributed by atoms with van der Waals surface area (Å²) < 4.78 is 72.8. The zero-order chi connectivity index (χ0) is 22.5. The van der Waals surface area contributed by atoms with E-state index in [0.717, 1.165) is 19.2 Å². The fourth-order valence-electron chi connectivity index (χ4n) is 3.11. The molecule has 1 fully saturated rings. The van der Waals surface area contributed by atoms with Crippen LogP contribution in [0.25, 0.3) is 0 Å². The van der Waals surface area contributed by atoms with Gasteiger partial charge in [-0.25, -0.2) is 9.18 Å². The van der Waals surface area contributed by atoms with Gasteiger partial charge in [0.25, 0.3) is 0 Å². The Kier molecular flexibility index (Phi) is 7.32. The van der Waals surface area contributed by atoms with Crippen LogP contribution in [0.3, 0.4) is 0 Å². The predicted molar refractivity (Wildman–Crippen MR) is 100 cm³/mol. The fourth-order valence-corrected chi connectivity index (χ4v) is 3.11. The molecule has 1 aliphatic rings. The number of hydrogen-bond acceptors (Lipinski definition) is 6. The van der Waals surface area contributed by atoms with Crippen molar-refractivity contribution >= 4 is 5.97 Å². The lowest BCUT2D eigenvalue weighted by Gasteiger charge is -2.34. The molecule has 1 heterocycles. The van der Waals surface area contributed by atoms with Gasteiger partial charge in [-0.1, -0.05) is 6.92 Å². The number of alkyl halides is 2. The summed E-state index contributed by atoms with van der Waals surface area (Å²) in [6, 6.07) is 5.49. The number of carbonyl (C=O) groups excluding carboxylic acids is 1. The molecule has 6 nitrogen and oxygen atoms in total. The van der Waals surface area contributed by atoms with E-state index in [1.54, 1.807) is 19.1 Å². The van der Waals surface area contributed by atoms with Gasteiger partial charge in [0.15, 0.2) is 11.6 Å². The topological polar surface area (TPSA) is 66.9 Å². The van der Waals surface area contributed by atoms with Crippen molar-refractivity contribution < 1.29 is 41.3 Å². The number of rotatable bonds is 9. The molecule has 1 atom stereocenters. The first-order chi connectivity index (χ1) is 14.8. The van der Waals surface area contributed by atoms with Crippen molar-refractivity contribution in [3.63, 3.8) is 0 Å². The number of ether oxygens (including phenoxy) is 4. The standard InChI is InChI=1S/C21H21F4NO5/c1-3-16(31-17-7-5-14(20(27)28-2)18(22)19(17)23)15-6-4-11(10-26-15)29-12-8-13(9-12)30-21(24)25/h4-7,10,12-13,16,21H,3,8-9H2,1-2H3/t12-,13-,16-/m1/s1. The SMILES string of the molecule is CC[C@@H](Oc1ccc(C(=O)OC)c(F)c1F)c1ccc(O[C@H]2C[C@H](OC(F)F)C2)cn1. The molecular formula is C21H21F4NO5. The van der Waals surface area contributed by atoms with Crippen LogP contribution in [0.1, 0.15) is 48.3 Å². The maximum atomic E-state index is 14.3. The van der Waals surface area contributed by atoms with Gasteiger partial charge >= 0.3 is 12.6 Å². The molecule has 0 N–H and O–H groups in total. The van der Waals surface area contributed by atoms with Crippen molar-refractivity contribution in [1.29, 1.82) is 0 Å². The van der Waals surface area contributed by atoms with Crippen molar-refractivity contribution in [2.75, 3.05) is 7.11 Å². The van der Waals surface area contributed by atoms with Gasteiger partial charge < -0.3 is 18.9 Å². The highest BCUT2D eigenvalue weighted by Crippen LogP contribution is 2.31. The first-order valence-corrected chi connectivity index (χ1v) is 9.61. The van der Waals surface area contributed by atoms with Crippen molar-refractivity contribution in [3.8, 4) is 11.5 Å². The van der Waals surface area contributed by atoms with E-state index in [0.29, 0.717) is 30.7 Å². The molecule has 0 bridgehead atoms. The van der Waals surface area contributed by atoms with Gasteiger partial charge in [0.1, 0.15) is 18.0 Å². The molecule has 10 heteroatoms. The van der Waals surface area contributed by atoms with E-state index in [4.69, 9.17) is 9.47 Å². The van der Waals surface area contributed by atoms with Gasteiger partial charge in [-0.05, 0) is 30.7 Å². The molecule has 3 rings (SSSR count). The molecular weight excluding hydrogens is 422 g/mol. The number of aromatic nitrogens is 1. The summed E-state index contributed by atoms with van der Waals surface area (Å²) in [5, 5.41) is 0. The second-order valence-electron chi connectivity index (χ2n) is 6.89. The number of pyridine rings is 1. The average Bonchev–Trinajstić information content (AvgIpc) is 2.73. The van der Waals surface area contributed by atoms with E-state index in [1.165, 1.54) is 6.20 Å². The number of halogens is 4. The third kappa shape index (κ3) is 5.43. The normalized spacial score (nSPS) is 18.9. The summed E-state index contributed by atoms with van der Waals surface area (Å²) >= 11 is 0. The molecule has 0 aliphatic heterocycles. The number of benzene rings is 1. The average molecular weight is 443 g/mol. The molecule has 0 unspecified atom stereocenters. The molecule has 1 saturated carbocycles. The molecule has 168 valence electrons. The largest absolute Gasteiger partial charge is 0.489 e. The van der Waals surface area contributed by atoms with E-state index in [9.17, 15) is 22.4 Å². The number of methoxy groups -OCH3 is 1. The predicted octanol–water partition coefficient (Wildman–Crippen LogP) is 4.83. The second-order valence-corrected chi connectivity index (χ2v) is 6.89. The second kappa shape index (κ2) is 9.95. The van der Waals surface area contributed by atoms with Gasteiger partial charge in [-0.15, -0.1) is 0 Å². The van der Waals surface area contributed by atoms with E-state index >= 15 is 0 Å². The summed E-state index contributed by atoms with van der Waals surface area (Å²) in [5.74, 6) is -3.57. The molecule has 0 amide bonds. The number of nitrogens with zero attached hydrogens (tertiary/aromatic N) is 1. The van der Waals surface area contributed by atoms with Gasteiger partial charge in [-0.3, -0.25) is 4.98 Å². The van der Waals surface area contributed by atoms with Crippen LogP contribution in [0.5, 0.6) is 11.5 Å². The fraction of sp³-hybridized carbons (Fsp3) is 0.429. The van der Waals surface area contributed by atoms with E-state index < -0.39 is 42.0 Å². The van der Waals surface area contributed by atoms with Gasteiger partial charge in [0.2, 0.25) is 5.82 Å². The van der Waals surface area contributed by atoms with Crippen LogP contribution in [0.15, 0.2) is 30.5 Å². The minimum atomic E-state index is -2.80. The van der Waals surface area contributed by atoms with Crippen molar-refractivity contribution in [3.05, 3.63) is 53.4 Å². The molecule has 0 saturated heterocycles. The van der Waals surface area contributed by atoms with E-state index in [1.807, 2.05) is 0 Å². The third-order valence-corrected chi connectivity index (χ3v) is 4.83. The van der Waals surface area contributed by atoms with Gasteiger partial charge in [-0.2, -0.15) is 13.2 Å². The van der Waals surface area contributed by atoms with Gasteiger partial charge in [0, 0.05) is 12.8 Å². The highest BCUT2D eigenvalue weighted by atomic mass is 19.3. The minimum absolute atomic E-state index is 0.236. The Morgan fingerprint density at radius 2 is 1.87 bits per heavy atom. The Bertz CT molecular complexity index is 903. The lowest BCUT2D eigenvalue weighted by Crippen LogP contribution is -2.40. The van der Waals surface area contributed by atoms with Crippen LogP contribution >= 0.6 is 0 Å². The molecule has 2 aromatic rings. The summed E-state index contributed by atoms with van der Waals surface area (Å²) in [5.41, 5.74) is -0.0727. The molecule has 0 radical (unpaired) electrons. The van der Waals surface area contributed by atoms with Crippen LogP contribution in [0.4, 0.5) is 17.6 Å². The molecule has 1 aliphatic carbocycles. The Balaban J connectivity index is 1.63. The summed E-state index contributed by atoms with van der Waals surface area (Å²) in [7, 11) is 1.07. The smallest absolute Gasteiger partial charge is 0.345 e. The van der Waals surface area contributed by atoms with E-state index in [2.05, 4.69) is 14.5 Å². The lowest BCUT2D eigenvalue weighted by molar-refractivity contribution is -0.196. The monoisotopic (exact) mass is 443 g/mol. The summed E-state index contributed by atoms with van der Waals surface area (Å²) in [4.78, 5) is 15.7.